The van der Waals surface area contributed by atoms with E-state index >= 15 is 0 Å². The third-order valence-electron chi connectivity index (χ3n) is 4.82. The molecule has 1 heterocycles. The van der Waals surface area contributed by atoms with Gasteiger partial charge in [0.2, 0.25) is 15.9 Å². The largest absolute Gasteiger partial charge is 0.361 e. The number of hydrogen-bond donors (Lipinski definition) is 5. The van der Waals surface area contributed by atoms with Crippen LogP contribution >= 0.6 is 0 Å². The number of rotatable bonds is 6. The van der Waals surface area contributed by atoms with Crippen molar-refractivity contribution >= 4 is 27.5 Å². The topological polar surface area (TPSA) is 137 Å². The van der Waals surface area contributed by atoms with Crippen molar-refractivity contribution < 1.29 is 23.1 Å². The van der Waals surface area contributed by atoms with E-state index in [4.69, 9.17) is 0 Å². The van der Waals surface area contributed by atoms with Gasteiger partial charge in [-0.15, -0.1) is 0 Å². The van der Waals surface area contributed by atoms with Gasteiger partial charge >= 0.3 is 0 Å². The number of aliphatic hydroxyl groups excluding tert-OH is 1. The van der Waals surface area contributed by atoms with Crippen LogP contribution in [0.5, 0.6) is 0 Å². The lowest BCUT2D eigenvalue weighted by molar-refractivity contribution is -0.127. The fourth-order valence-corrected chi connectivity index (χ4v) is 4.90. The molecule has 160 valence electrons. The SMILES string of the molecule is CC(NC(=O)c1ccccc1NS(=O)(=O)C1C(=O)NC(O)NC1C)c1ccccc1. The summed E-state index contributed by atoms with van der Waals surface area (Å²) < 4.78 is 28.1. The molecule has 1 saturated heterocycles. The second kappa shape index (κ2) is 8.82. The van der Waals surface area contributed by atoms with Crippen molar-refractivity contribution in [1.82, 2.24) is 16.0 Å². The number of amides is 2. The van der Waals surface area contributed by atoms with Crippen LogP contribution in [0.2, 0.25) is 0 Å². The third-order valence-corrected chi connectivity index (χ3v) is 6.61. The van der Waals surface area contributed by atoms with E-state index in [1.807, 2.05) is 37.3 Å². The lowest BCUT2D eigenvalue weighted by atomic mass is 10.1. The average molecular weight is 433 g/mol. The molecule has 3 rings (SSSR count). The van der Waals surface area contributed by atoms with Gasteiger partial charge in [-0.25, -0.2) is 8.42 Å². The molecule has 1 fully saturated rings. The Hall–Kier alpha value is -2.95. The lowest BCUT2D eigenvalue weighted by Crippen LogP contribution is -2.65. The van der Waals surface area contributed by atoms with E-state index < -0.39 is 39.5 Å². The lowest BCUT2D eigenvalue weighted by Gasteiger charge is -2.32. The predicted octanol–water partition coefficient (Wildman–Crippen LogP) is 0.672. The zero-order chi connectivity index (χ0) is 21.9. The molecule has 2 amide bonds. The van der Waals surface area contributed by atoms with Crippen LogP contribution in [-0.4, -0.2) is 43.0 Å². The molecule has 1 aliphatic rings. The maximum atomic E-state index is 12.9. The summed E-state index contributed by atoms with van der Waals surface area (Å²) >= 11 is 0. The molecule has 0 bridgehead atoms. The molecule has 2 aromatic carbocycles. The molecule has 1 aliphatic heterocycles. The number of benzene rings is 2. The van der Waals surface area contributed by atoms with Gasteiger partial charge in [0.25, 0.3) is 5.91 Å². The van der Waals surface area contributed by atoms with Crippen molar-refractivity contribution in [3.63, 3.8) is 0 Å². The predicted molar refractivity (Wildman–Crippen MR) is 112 cm³/mol. The molecule has 0 radical (unpaired) electrons. The zero-order valence-electron chi connectivity index (χ0n) is 16.5. The van der Waals surface area contributed by atoms with E-state index in [1.54, 1.807) is 12.1 Å². The van der Waals surface area contributed by atoms with Gasteiger partial charge in [-0.2, -0.15) is 0 Å². The fraction of sp³-hybridized carbons (Fsp3) is 0.300. The third kappa shape index (κ3) is 4.78. The van der Waals surface area contributed by atoms with Crippen molar-refractivity contribution in [3.8, 4) is 0 Å². The first-order chi connectivity index (χ1) is 14.2. The first-order valence-corrected chi connectivity index (χ1v) is 10.9. The van der Waals surface area contributed by atoms with E-state index in [0.717, 1.165) is 5.56 Å². The number of hydrogen-bond acceptors (Lipinski definition) is 6. The van der Waals surface area contributed by atoms with E-state index in [1.165, 1.54) is 19.1 Å². The van der Waals surface area contributed by atoms with Crippen molar-refractivity contribution in [2.24, 2.45) is 0 Å². The molecule has 30 heavy (non-hydrogen) atoms. The van der Waals surface area contributed by atoms with Gasteiger partial charge < -0.3 is 15.7 Å². The van der Waals surface area contributed by atoms with Crippen LogP contribution in [0.15, 0.2) is 54.6 Å². The van der Waals surface area contributed by atoms with Gasteiger partial charge in [0.05, 0.1) is 17.3 Å². The molecule has 10 heteroatoms. The number of sulfonamides is 1. The molecular weight excluding hydrogens is 408 g/mol. The zero-order valence-corrected chi connectivity index (χ0v) is 17.3. The van der Waals surface area contributed by atoms with Crippen molar-refractivity contribution in [1.29, 1.82) is 0 Å². The highest BCUT2D eigenvalue weighted by molar-refractivity contribution is 7.94. The molecule has 0 aromatic heterocycles. The minimum Gasteiger partial charge on any atom is -0.361 e. The molecule has 0 aliphatic carbocycles. The molecule has 5 N–H and O–H groups in total. The molecule has 2 aromatic rings. The molecule has 9 nitrogen and oxygen atoms in total. The number of aliphatic hydroxyl groups is 1. The van der Waals surface area contributed by atoms with Crippen molar-refractivity contribution in [2.75, 3.05) is 4.72 Å². The monoisotopic (exact) mass is 432 g/mol. The Morgan fingerprint density at radius 1 is 1.10 bits per heavy atom. The maximum Gasteiger partial charge on any atom is 0.253 e. The van der Waals surface area contributed by atoms with E-state index in [0.29, 0.717) is 0 Å². The van der Waals surface area contributed by atoms with Crippen molar-refractivity contribution in [2.45, 2.75) is 37.5 Å². The van der Waals surface area contributed by atoms with E-state index in [-0.39, 0.29) is 17.3 Å². The first-order valence-electron chi connectivity index (χ1n) is 9.40. The summed E-state index contributed by atoms with van der Waals surface area (Å²) in [5, 5.41) is 15.6. The minimum absolute atomic E-state index is 0.0568. The van der Waals surface area contributed by atoms with Crippen LogP contribution in [0.3, 0.4) is 0 Å². The van der Waals surface area contributed by atoms with Crippen LogP contribution in [0.4, 0.5) is 5.69 Å². The Morgan fingerprint density at radius 3 is 2.40 bits per heavy atom. The number of carbonyl (C=O) groups is 2. The standard InChI is InChI=1S/C20H24N4O5S/c1-12(14-8-4-3-5-9-14)21-18(25)15-10-6-7-11-16(15)24-30(28,29)17-13(2)22-20(27)23-19(17)26/h3-13,17,20,22,24,27H,1-2H3,(H,21,25)(H,23,26). The summed E-state index contributed by atoms with van der Waals surface area (Å²) in [5.41, 5.74) is 1.09. The molecule has 4 atom stereocenters. The van der Waals surface area contributed by atoms with Gasteiger partial charge in [0.15, 0.2) is 11.6 Å². The van der Waals surface area contributed by atoms with Gasteiger partial charge in [-0.3, -0.25) is 19.6 Å². The highest BCUT2D eigenvalue weighted by atomic mass is 32.2. The second-order valence-corrected chi connectivity index (χ2v) is 8.89. The summed E-state index contributed by atoms with van der Waals surface area (Å²) in [6, 6.07) is 14.4. The average Bonchev–Trinajstić information content (AvgIpc) is 2.67. The molecule has 0 spiro atoms. The summed E-state index contributed by atoms with van der Waals surface area (Å²) in [4.78, 5) is 25.0. The molecule has 0 saturated carbocycles. The first kappa shape index (κ1) is 21.8. The van der Waals surface area contributed by atoms with E-state index in [9.17, 15) is 23.1 Å². The Balaban J connectivity index is 1.81. The minimum atomic E-state index is -4.21. The van der Waals surface area contributed by atoms with E-state index in [2.05, 4.69) is 20.7 Å². The Labute approximate surface area is 174 Å². The maximum absolute atomic E-state index is 12.9. The molecular formula is C20H24N4O5S. The van der Waals surface area contributed by atoms with Crippen LogP contribution in [0.25, 0.3) is 0 Å². The highest BCUT2D eigenvalue weighted by Crippen LogP contribution is 2.22. The normalized spacial score (nSPS) is 22.6. The summed E-state index contributed by atoms with van der Waals surface area (Å²) in [7, 11) is -4.21. The van der Waals surface area contributed by atoms with Crippen molar-refractivity contribution in [3.05, 3.63) is 65.7 Å². The van der Waals surface area contributed by atoms with Gasteiger partial charge in [-0.05, 0) is 31.5 Å². The van der Waals surface area contributed by atoms with Gasteiger partial charge in [-0.1, -0.05) is 42.5 Å². The smallest absolute Gasteiger partial charge is 0.253 e. The number of para-hydroxylation sites is 1. The highest BCUT2D eigenvalue weighted by Gasteiger charge is 2.42. The number of nitrogens with one attached hydrogen (secondary N) is 4. The Bertz CT molecular complexity index is 1030. The van der Waals surface area contributed by atoms with Crippen LogP contribution in [-0.2, 0) is 14.8 Å². The van der Waals surface area contributed by atoms with Gasteiger partial charge in [0.1, 0.15) is 0 Å². The summed E-state index contributed by atoms with van der Waals surface area (Å²) in [6.07, 6.45) is -1.32. The Morgan fingerprint density at radius 2 is 1.73 bits per heavy atom. The number of anilines is 1. The fourth-order valence-electron chi connectivity index (χ4n) is 3.32. The Kier molecular flexibility index (Phi) is 6.40. The summed E-state index contributed by atoms with van der Waals surface area (Å²) in [6.45, 7) is 3.30. The number of carbonyl (C=O) groups excluding carboxylic acids is 2. The quantitative estimate of drug-likeness (QED) is 0.455. The van der Waals surface area contributed by atoms with Gasteiger partial charge in [0, 0.05) is 6.04 Å². The van der Waals surface area contributed by atoms with Crippen LogP contribution in [0, 0.1) is 0 Å². The van der Waals surface area contributed by atoms with Crippen LogP contribution < -0.4 is 20.7 Å². The molecule has 4 unspecified atom stereocenters. The van der Waals surface area contributed by atoms with Crippen LogP contribution in [0.1, 0.15) is 35.8 Å². The second-order valence-electron chi connectivity index (χ2n) is 7.09. The summed E-state index contributed by atoms with van der Waals surface area (Å²) in [5.74, 6) is -1.29.